The lowest BCUT2D eigenvalue weighted by molar-refractivity contribution is -0.143. The predicted molar refractivity (Wildman–Crippen MR) is 128 cm³/mol. The monoisotopic (exact) mass is 471 g/mol. The quantitative estimate of drug-likeness (QED) is 0.565. The number of likely N-dealkylation sites (tertiary alicyclic amines) is 1. The Morgan fingerprint density at radius 1 is 1.27 bits per heavy atom. The molecular weight excluding hydrogens is 442 g/mol. The summed E-state index contributed by atoms with van der Waals surface area (Å²) in [5, 5.41) is 9.87. The molecule has 0 aliphatic carbocycles. The largest absolute Gasteiger partial charge is 0.489 e. The molecule has 6 nitrogen and oxygen atoms in total. The number of rotatable bonds is 8. The number of ether oxygens (including phenoxy) is 3. The second-order valence-electron chi connectivity index (χ2n) is 8.92. The molecule has 1 saturated heterocycles. The molecule has 7 heteroatoms. The summed E-state index contributed by atoms with van der Waals surface area (Å²) in [6, 6.07) is 11.5. The normalized spacial score (nSPS) is 18.3. The van der Waals surface area contributed by atoms with Crippen molar-refractivity contribution < 1.29 is 24.1 Å². The van der Waals surface area contributed by atoms with Crippen LogP contribution in [0, 0.1) is 5.92 Å². The molecule has 2 aromatic carbocycles. The third-order valence-corrected chi connectivity index (χ3v) is 6.10. The minimum atomic E-state index is -0.700. The second kappa shape index (κ2) is 10.5. The SMILES string of the molecule is CC(C)Oc1ccc(COc2ccc3c(c2)OCC(CN2CCC[C@@H](C(=O)O)C2)=C3)cc1Cl. The van der Waals surface area contributed by atoms with Gasteiger partial charge in [-0.15, -0.1) is 0 Å². The van der Waals surface area contributed by atoms with Gasteiger partial charge in [0, 0.05) is 24.7 Å². The van der Waals surface area contributed by atoms with Gasteiger partial charge in [-0.25, -0.2) is 0 Å². The number of hydrogen-bond donors (Lipinski definition) is 1. The average molecular weight is 472 g/mol. The Morgan fingerprint density at radius 2 is 2.12 bits per heavy atom. The Labute approximate surface area is 199 Å². The van der Waals surface area contributed by atoms with Gasteiger partial charge in [0.25, 0.3) is 0 Å². The molecule has 1 atom stereocenters. The summed E-state index contributed by atoms with van der Waals surface area (Å²) in [7, 11) is 0. The number of benzene rings is 2. The van der Waals surface area contributed by atoms with E-state index in [1.165, 1.54) is 0 Å². The topological polar surface area (TPSA) is 68.2 Å². The minimum absolute atomic E-state index is 0.0659. The number of carbonyl (C=O) groups is 1. The smallest absolute Gasteiger partial charge is 0.307 e. The molecule has 2 aliphatic heterocycles. The number of carboxylic acids is 1. The summed E-state index contributed by atoms with van der Waals surface area (Å²) in [5.41, 5.74) is 3.12. The van der Waals surface area contributed by atoms with E-state index in [0.29, 0.717) is 30.5 Å². The van der Waals surface area contributed by atoms with Crippen LogP contribution < -0.4 is 14.2 Å². The molecule has 1 N–H and O–H groups in total. The number of carboxylic acid groups (broad SMARTS) is 1. The highest BCUT2D eigenvalue weighted by Gasteiger charge is 2.26. The van der Waals surface area contributed by atoms with Gasteiger partial charge in [0.15, 0.2) is 0 Å². The maximum atomic E-state index is 11.3. The van der Waals surface area contributed by atoms with Crippen molar-refractivity contribution in [1.82, 2.24) is 4.90 Å². The Morgan fingerprint density at radius 3 is 2.88 bits per heavy atom. The van der Waals surface area contributed by atoms with Crippen molar-refractivity contribution in [3.8, 4) is 17.2 Å². The Bertz CT molecular complexity index is 1040. The molecule has 2 aromatic rings. The van der Waals surface area contributed by atoms with Gasteiger partial charge < -0.3 is 19.3 Å². The molecule has 0 aromatic heterocycles. The Balaban J connectivity index is 1.35. The fourth-order valence-electron chi connectivity index (χ4n) is 4.21. The van der Waals surface area contributed by atoms with E-state index in [4.69, 9.17) is 25.8 Å². The fourth-order valence-corrected chi connectivity index (χ4v) is 4.46. The van der Waals surface area contributed by atoms with Crippen molar-refractivity contribution in [2.45, 2.75) is 39.4 Å². The first-order valence-electron chi connectivity index (χ1n) is 11.4. The third-order valence-electron chi connectivity index (χ3n) is 5.80. The van der Waals surface area contributed by atoms with Gasteiger partial charge in [-0.1, -0.05) is 17.7 Å². The van der Waals surface area contributed by atoms with E-state index in [-0.39, 0.29) is 12.0 Å². The molecule has 2 heterocycles. The van der Waals surface area contributed by atoms with E-state index in [9.17, 15) is 9.90 Å². The van der Waals surface area contributed by atoms with Crippen molar-refractivity contribution in [1.29, 1.82) is 0 Å². The first kappa shape index (κ1) is 23.5. The molecule has 0 radical (unpaired) electrons. The van der Waals surface area contributed by atoms with Crippen LogP contribution in [0.1, 0.15) is 37.8 Å². The Kier molecular flexibility index (Phi) is 7.46. The van der Waals surface area contributed by atoms with Gasteiger partial charge in [-0.05, 0) is 74.7 Å². The highest BCUT2D eigenvalue weighted by molar-refractivity contribution is 6.32. The van der Waals surface area contributed by atoms with Crippen molar-refractivity contribution in [2.75, 3.05) is 26.2 Å². The first-order valence-corrected chi connectivity index (χ1v) is 11.7. The van der Waals surface area contributed by atoms with Crippen molar-refractivity contribution in [2.24, 2.45) is 5.92 Å². The summed E-state index contributed by atoms with van der Waals surface area (Å²) in [6.45, 7) is 7.08. The molecule has 0 bridgehead atoms. The summed E-state index contributed by atoms with van der Waals surface area (Å²) < 4.78 is 17.6. The van der Waals surface area contributed by atoms with Crippen molar-refractivity contribution >= 4 is 23.6 Å². The van der Waals surface area contributed by atoms with Crippen LogP contribution in [-0.4, -0.2) is 48.3 Å². The van der Waals surface area contributed by atoms with Crippen molar-refractivity contribution in [3.05, 3.63) is 58.1 Å². The van der Waals surface area contributed by atoms with Crippen LogP contribution in [0.4, 0.5) is 0 Å². The lowest BCUT2D eigenvalue weighted by Gasteiger charge is -2.32. The van der Waals surface area contributed by atoms with E-state index in [0.717, 1.165) is 54.1 Å². The van der Waals surface area contributed by atoms with Gasteiger partial charge in [-0.3, -0.25) is 9.69 Å². The van der Waals surface area contributed by atoms with Gasteiger partial charge >= 0.3 is 5.97 Å². The maximum Gasteiger partial charge on any atom is 0.307 e. The number of fused-ring (bicyclic) bond motifs is 1. The minimum Gasteiger partial charge on any atom is -0.489 e. The maximum absolute atomic E-state index is 11.3. The van der Waals surface area contributed by atoms with Crippen LogP contribution in [0.2, 0.25) is 5.02 Å². The van der Waals surface area contributed by atoms with Crippen LogP contribution in [0.5, 0.6) is 17.2 Å². The highest BCUT2D eigenvalue weighted by atomic mass is 35.5. The van der Waals surface area contributed by atoms with Gasteiger partial charge in [0.1, 0.15) is 30.5 Å². The summed E-state index contributed by atoms with van der Waals surface area (Å²) >= 11 is 6.32. The molecular formula is C26H30ClNO5. The fraction of sp³-hybridized carbons (Fsp3) is 0.423. The molecule has 4 rings (SSSR count). The third kappa shape index (κ3) is 6.21. The van der Waals surface area contributed by atoms with Crippen LogP contribution in [0.15, 0.2) is 42.0 Å². The van der Waals surface area contributed by atoms with E-state index in [1.54, 1.807) is 0 Å². The highest BCUT2D eigenvalue weighted by Crippen LogP contribution is 2.32. The predicted octanol–water partition coefficient (Wildman–Crippen LogP) is 5.28. The molecule has 1 fully saturated rings. The lowest BCUT2D eigenvalue weighted by atomic mass is 9.97. The summed E-state index contributed by atoms with van der Waals surface area (Å²) in [4.78, 5) is 13.5. The lowest BCUT2D eigenvalue weighted by Crippen LogP contribution is -2.40. The molecule has 2 aliphatic rings. The van der Waals surface area contributed by atoms with Gasteiger partial charge in [-0.2, -0.15) is 0 Å². The number of halogens is 1. The van der Waals surface area contributed by atoms with Crippen LogP contribution in [-0.2, 0) is 11.4 Å². The number of piperidine rings is 1. The van der Waals surface area contributed by atoms with Crippen LogP contribution in [0.3, 0.4) is 0 Å². The van der Waals surface area contributed by atoms with E-state index < -0.39 is 5.97 Å². The first-order chi connectivity index (χ1) is 15.9. The molecule has 0 saturated carbocycles. The van der Waals surface area contributed by atoms with Crippen LogP contribution in [0.25, 0.3) is 6.08 Å². The summed E-state index contributed by atoms with van der Waals surface area (Å²) in [5.74, 6) is 1.21. The number of hydrogen-bond acceptors (Lipinski definition) is 5. The molecule has 0 unspecified atom stereocenters. The van der Waals surface area contributed by atoms with E-state index >= 15 is 0 Å². The standard InChI is InChI=1S/C26H30ClNO5/c1-17(2)33-24-8-5-18(11-23(24)27)15-31-22-7-6-20-10-19(16-32-25(20)12-22)13-28-9-3-4-21(14-28)26(29)30/h5-8,10-12,17,21H,3-4,9,13-16H2,1-2H3,(H,29,30)/t21-/m1/s1. The zero-order valence-electron chi connectivity index (χ0n) is 19.1. The second-order valence-corrected chi connectivity index (χ2v) is 9.33. The average Bonchev–Trinajstić information content (AvgIpc) is 2.79. The number of nitrogens with zero attached hydrogens (tertiary/aromatic N) is 1. The van der Waals surface area contributed by atoms with Crippen molar-refractivity contribution in [3.63, 3.8) is 0 Å². The summed E-state index contributed by atoms with van der Waals surface area (Å²) in [6.07, 6.45) is 3.88. The van der Waals surface area contributed by atoms with Gasteiger partial charge in [0.05, 0.1) is 17.0 Å². The Hall–Kier alpha value is -2.70. The van der Waals surface area contributed by atoms with E-state index in [1.807, 2.05) is 50.2 Å². The molecule has 0 spiro atoms. The van der Waals surface area contributed by atoms with Gasteiger partial charge in [0.2, 0.25) is 0 Å². The molecule has 33 heavy (non-hydrogen) atoms. The zero-order chi connectivity index (χ0) is 23.4. The zero-order valence-corrected chi connectivity index (χ0v) is 19.8. The molecule has 176 valence electrons. The molecule has 0 amide bonds. The van der Waals surface area contributed by atoms with E-state index in [2.05, 4.69) is 11.0 Å². The van der Waals surface area contributed by atoms with Crippen LogP contribution >= 0.6 is 11.6 Å². The number of aliphatic carboxylic acids is 1.